The lowest BCUT2D eigenvalue weighted by Gasteiger charge is -2.08. The molecule has 0 aliphatic heterocycles. The van der Waals surface area contributed by atoms with Crippen molar-refractivity contribution in [3.8, 4) is 5.75 Å². The first kappa shape index (κ1) is 13.3. The van der Waals surface area contributed by atoms with Gasteiger partial charge < -0.3 is 14.3 Å². The summed E-state index contributed by atoms with van der Waals surface area (Å²) in [6.45, 7) is -0.0726. The van der Waals surface area contributed by atoms with Crippen LogP contribution in [0.2, 0.25) is 0 Å². The molecule has 0 atom stereocenters. The zero-order valence-electron chi connectivity index (χ0n) is 11.2. The van der Waals surface area contributed by atoms with Gasteiger partial charge in [0.2, 0.25) is 11.2 Å². The van der Waals surface area contributed by atoms with Gasteiger partial charge in [0.1, 0.15) is 25.2 Å². The molecule has 0 aliphatic carbocycles. The highest BCUT2D eigenvalue weighted by Gasteiger charge is 2.06. The summed E-state index contributed by atoms with van der Waals surface area (Å²) >= 11 is 0. The van der Waals surface area contributed by atoms with Crippen molar-refractivity contribution >= 4 is 10.9 Å². The molecule has 0 saturated heterocycles. The smallest absolute Gasteiger partial charge is 0.227 e. The molecular weight excluding hydrogens is 270 g/mol. The van der Waals surface area contributed by atoms with Gasteiger partial charge in [-0.05, 0) is 12.1 Å². The molecule has 0 spiro atoms. The number of fused-ring (bicyclic) bond motifs is 1. The molecule has 5 nitrogen and oxygen atoms in total. The predicted octanol–water partition coefficient (Wildman–Crippen LogP) is 2.26. The normalized spacial score (nSPS) is 10.7. The number of rotatable bonds is 4. The number of para-hydroxylation sites is 1. The number of aromatic nitrogens is 1. The van der Waals surface area contributed by atoms with Gasteiger partial charge in [-0.25, -0.2) is 0 Å². The summed E-state index contributed by atoms with van der Waals surface area (Å²) in [5.41, 5.74) is 1.50. The van der Waals surface area contributed by atoms with Crippen molar-refractivity contribution in [2.24, 2.45) is 0 Å². The van der Waals surface area contributed by atoms with Crippen LogP contribution in [0.15, 0.2) is 58.1 Å². The molecule has 2 aromatic heterocycles. The van der Waals surface area contributed by atoms with Gasteiger partial charge in [0.05, 0.1) is 5.52 Å². The standard InChI is InChI=1S/C16H13NO4/c18-8-12-7-15(19)16(10-20-12)21-9-11-5-6-17-14-4-2-1-3-13(11)14/h1-7,10,18H,8-9H2. The maximum Gasteiger partial charge on any atom is 0.227 e. The number of aliphatic hydroxyl groups is 1. The average Bonchev–Trinajstić information content (AvgIpc) is 2.53. The first-order valence-corrected chi connectivity index (χ1v) is 6.46. The van der Waals surface area contributed by atoms with E-state index in [1.54, 1.807) is 6.20 Å². The molecule has 0 unspecified atom stereocenters. The molecule has 2 heterocycles. The molecule has 5 heteroatoms. The van der Waals surface area contributed by atoms with Crippen LogP contribution in [-0.2, 0) is 13.2 Å². The zero-order chi connectivity index (χ0) is 14.7. The molecule has 0 saturated carbocycles. The third-order valence-electron chi connectivity index (χ3n) is 3.13. The van der Waals surface area contributed by atoms with Gasteiger partial charge in [-0.1, -0.05) is 18.2 Å². The van der Waals surface area contributed by atoms with E-state index in [4.69, 9.17) is 14.3 Å². The van der Waals surface area contributed by atoms with Crippen LogP contribution in [0.3, 0.4) is 0 Å². The third-order valence-corrected chi connectivity index (χ3v) is 3.13. The van der Waals surface area contributed by atoms with Crippen LogP contribution in [0.25, 0.3) is 10.9 Å². The molecule has 0 fully saturated rings. The summed E-state index contributed by atoms with van der Waals surface area (Å²) in [4.78, 5) is 16.0. The minimum Gasteiger partial charge on any atom is -0.482 e. The minimum absolute atomic E-state index is 0.119. The third kappa shape index (κ3) is 2.78. The number of hydrogen-bond acceptors (Lipinski definition) is 5. The van der Waals surface area contributed by atoms with Crippen molar-refractivity contribution in [3.05, 3.63) is 70.4 Å². The van der Waals surface area contributed by atoms with E-state index < -0.39 is 0 Å². The fourth-order valence-electron chi connectivity index (χ4n) is 2.06. The van der Waals surface area contributed by atoms with Gasteiger partial charge in [0, 0.05) is 23.2 Å². The van der Waals surface area contributed by atoms with Crippen LogP contribution in [0.1, 0.15) is 11.3 Å². The van der Waals surface area contributed by atoms with Crippen LogP contribution >= 0.6 is 0 Å². The van der Waals surface area contributed by atoms with Crippen LogP contribution in [0, 0.1) is 0 Å². The second-order valence-electron chi connectivity index (χ2n) is 4.51. The first-order valence-electron chi connectivity index (χ1n) is 6.46. The van der Waals surface area contributed by atoms with E-state index in [2.05, 4.69) is 4.98 Å². The van der Waals surface area contributed by atoms with Crippen molar-refractivity contribution in [1.29, 1.82) is 0 Å². The summed E-state index contributed by atoms with van der Waals surface area (Å²) < 4.78 is 10.6. The number of benzene rings is 1. The van der Waals surface area contributed by atoms with Crippen LogP contribution < -0.4 is 10.2 Å². The van der Waals surface area contributed by atoms with Gasteiger partial charge in [0.25, 0.3) is 0 Å². The average molecular weight is 283 g/mol. The molecule has 0 amide bonds. The second-order valence-corrected chi connectivity index (χ2v) is 4.51. The highest BCUT2D eigenvalue weighted by Crippen LogP contribution is 2.17. The van der Waals surface area contributed by atoms with Gasteiger partial charge in [-0.2, -0.15) is 0 Å². The number of nitrogens with zero attached hydrogens (tertiary/aromatic N) is 1. The number of aliphatic hydroxyl groups excluding tert-OH is 1. The fraction of sp³-hybridized carbons (Fsp3) is 0.125. The molecule has 3 rings (SSSR count). The molecule has 106 valence electrons. The lowest BCUT2D eigenvalue weighted by atomic mass is 10.1. The van der Waals surface area contributed by atoms with E-state index in [-0.39, 0.29) is 30.2 Å². The Morgan fingerprint density at radius 3 is 2.90 bits per heavy atom. The fourth-order valence-corrected chi connectivity index (χ4v) is 2.06. The van der Waals surface area contributed by atoms with E-state index >= 15 is 0 Å². The quantitative estimate of drug-likeness (QED) is 0.795. The lowest BCUT2D eigenvalue weighted by Crippen LogP contribution is -2.08. The summed E-state index contributed by atoms with van der Waals surface area (Å²) in [6, 6.07) is 10.8. The maximum atomic E-state index is 11.8. The van der Waals surface area contributed by atoms with E-state index in [9.17, 15) is 4.79 Å². The molecule has 0 radical (unpaired) electrons. The van der Waals surface area contributed by atoms with Crippen molar-refractivity contribution in [2.75, 3.05) is 0 Å². The van der Waals surface area contributed by atoms with E-state index in [0.717, 1.165) is 16.5 Å². The lowest BCUT2D eigenvalue weighted by molar-refractivity contribution is 0.236. The van der Waals surface area contributed by atoms with Crippen molar-refractivity contribution in [3.63, 3.8) is 0 Å². The van der Waals surface area contributed by atoms with Crippen LogP contribution in [0.5, 0.6) is 5.75 Å². The Hall–Kier alpha value is -2.66. The Balaban J connectivity index is 1.85. The number of ether oxygens (including phenoxy) is 1. The number of pyridine rings is 1. The Morgan fingerprint density at radius 1 is 1.24 bits per heavy atom. The van der Waals surface area contributed by atoms with Gasteiger partial charge >= 0.3 is 0 Å². The van der Waals surface area contributed by atoms with Crippen molar-refractivity contribution < 1.29 is 14.3 Å². The molecule has 1 N–H and O–H groups in total. The summed E-state index contributed by atoms with van der Waals surface area (Å²) in [5.74, 6) is 0.329. The second kappa shape index (κ2) is 5.76. The number of hydrogen-bond donors (Lipinski definition) is 1. The van der Waals surface area contributed by atoms with Gasteiger partial charge in [-0.3, -0.25) is 9.78 Å². The van der Waals surface area contributed by atoms with E-state index in [1.165, 1.54) is 12.3 Å². The summed E-state index contributed by atoms with van der Waals surface area (Å²) in [6.07, 6.45) is 2.93. The largest absolute Gasteiger partial charge is 0.482 e. The Labute approximate surface area is 120 Å². The first-order chi connectivity index (χ1) is 10.3. The zero-order valence-corrected chi connectivity index (χ0v) is 11.2. The van der Waals surface area contributed by atoms with Crippen molar-refractivity contribution in [1.82, 2.24) is 4.98 Å². The van der Waals surface area contributed by atoms with Crippen LogP contribution in [0.4, 0.5) is 0 Å². The molecule has 1 aromatic carbocycles. The topological polar surface area (TPSA) is 72.6 Å². The molecule has 0 aliphatic rings. The highest BCUT2D eigenvalue weighted by atomic mass is 16.5. The minimum atomic E-state index is -0.316. The van der Waals surface area contributed by atoms with Gasteiger partial charge in [0.15, 0.2) is 0 Å². The maximum absolute atomic E-state index is 11.8. The Morgan fingerprint density at radius 2 is 2.10 bits per heavy atom. The SMILES string of the molecule is O=c1cc(CO)occ1OCc1ccnc2ccccc12. The Kier molecular flexibility index (Phi) is 3.66. The van der Waals surface area contributed by atoms with Gasteiger partial charge in [-0.15, -0.1) is 0 Å². The van der Waals surface area contributed by atoms with Crippen molar-refractivity contribution in [2.45, 2.75) is 13.2 Å². The highest BCUT2D eigenvalue weighted by molar-refractivity contribution is 5.81. The van der Waals surface area contributed by atoms with Crippen LogP contribution in [-0.4, -0.2) is 10.1 Å². The van der Waals surface area contributed by atoms with E-state index in [1.807, 2.05) is 30.3 Å². The molecular formula is C16H13NO4. The summed E-state index contributed by atoms with van der Waals surface area (Å²) in [5, 5.41) is 9.88. The predicted molar refractivity (Wildman–Crippen MR) is 77.0 cm³/mol. The molecule has 0 bridgehead atoms. The summed E-state index contributed by atoms with van der Waals surface area (Å²) in [7, 11) is 0. The Bertz CT molecular complexity index is 820. The molecule has 3 aromatic rings. The van der Waals surface area contributed by atoms with E-state index in [0.29, 0.717) is 0 Å². The molecule has 21 heavy (non-hydrogen) atoms. The monoisotopic (exact) mass is 283 g/mol.